The van der Waals surface area contributed by atoms with Gasteiger partial charge in [0.15, 0.2) is 0 Å². The highest BCUT2D eigenvalue weighted by molar-refractivity contribution is 7.15. The Balaban J connectivity index is 1.74. The summed E-state index contributed by atoms with van der Waals surface area (Å²) in [5, 5.41) is 1.76. The molecule has 7 heteroatoms. The zero-order valence-corrected chi connectivity index (χ0v) is 15.5. The van der Waals surface area contributed by atoms with Gasteiger partial charge in [-0.05, 0) is 31.2 Å². The molecule has 0 bridgehead atoms. The van der Waals surface area contributed by atoms with Crippen molar-refractivity contribution in [3.8, 4) is 10.4 Å². The van der Waals surface area contributed by atoms with Gasteiger partial charge in [0.1, 0.15) is 5.69 Å². The van der Waals surface area contributed by atoms with Gasteiger partial charge < -0.3 is 10.6 Å². The third-order valence-corrected chi connectivity index (χ3v) is 6.76. The largest absolute Gasteiger partial charge is 0.332 e. The van der Waals surface area contributed by atoms with E-state index in [4.69, 9.17) is 28.9 Å². The molecule has 126 valence electrons. The molecule has 0 spiro atoms. The fourth-order valence-corrected chi connectivity index (χ4v) is 5.07. The minimum absolute atomic E-state index is 0.0481. The molecule has 4 rings (SSSR count). The Morgan fingerprint density at radius 1 is 1.46 bits per heavy atom. The summed E-state index contributed by atoms with van der Waals surface area (Å²) in [6.45, 7) is 3.18. The Morgan fingerprint density at radius 2 is 2.25 bits per heavy atom. The van der Waals surface area contributed by atoms with Gasteiger partial charge in [-0.1, -0.05) is 35.3 Å². The fraction of sp³-hybridized carbons (Fsp3) is 0.412. The van der Waals surface area contributed by atoms with Crippen molar-refractivity contribution in [3.05, 3.63) is 38.9 Å². The molecule has 2 N–H and O–H groups in total. The van der Waals surface area contributed by atoms with Crippen LogP contribution in [0.3, 0.4) is 0 Å². The SMILES string of the molecule is Cc1nc(C(=O)N2C[C@@H]3C[C@@H]3[C@H]2CN)c(-c2cccc(Cl)c2Cl)s1. The number of piperidine rings is 1. The van der Waals surface area contributed by atoms with Crippen LogP contribution in [-0.2, 0) is 0 Å². The van der Waals surface area contributed by atoms with Gasteiger partial charge >= 0.3 is 0 Å². The lowest BCUT2D eigenvalue weighted by Crippen LogP contribution is -2.43. The van der Waals surface area contributed by atoms with Crippen LogP contribution in [0.2, 0.25) is 10.0 Å². The molecular weight excluding hydrogens is 365 g/mol. The maximum atomic E-state index is 13.1. The molecule has 1 saturated heterocycles. The first-order valence-electron chi connectivity index (χ1n) is 7.94. The Labute approximate surface area is 154 Å². The van der Waals surface area contributed by atoms with E-state index in [1.165, 1.54) is 17.8 Å². The molecular formula is C17H17Cl2N3OS. The van der Waals surface area contributed by atoms with E-state index in [0.717, 1.165) is 22.0 Å². The molecule has 2 aliphatic rings. The number of nitrogens with two attached hydrogens (primary N) is 1. The Bertz CT molecular complexity index is 822. The van der Waals surface area contributed by atoms with Gasteiger partial charge in [-0.25, -0.2) is 4.98 Å². The third kappa shape index (κ3) is 2.54. The molecule has 4 nitrogen and oxygen atoms in total. The second-order valence-corrected chi connectivity index (χ2v) is 8.42. The molecule has 3 atom stereocenters. The Kier molecular flexibility index (Phi) is 4.07. The van der Waals surface area contributed by atoms with Crippen LogP contribution in [0.4, 0.5) is 0 Å². The van der Waals surface area contributed by atoms with E-state index in [-0.39, 0.29) is 11.9 Å². The van der Waals surface area contributed by atoms with Crippen LogP contribution in [0.25, 0.3) is 10.4 Å². The van der Waals surface area contributed by atoms with Crippen LogP contribution < -0.4 is 5.73 Å². The molecule has 1 aromatic carbocycles. The van der Waals surface area contributed by atoms with Crippen molar-refractivity contribution >= 4 is 40.4 Å². The Morgan fingerprint density at radius 3 is 3.00 bits per heavy atom. The lowest BCUT2D eigenvalue weighted by Gasteiger charge is -2.26. The minimum Gasteiger partial charge on any atom is -0.332 e. The first-order chi connectivity index (χ1) is 11.5. The summed E-state index contributed by atoms with van der Waals surface area (Å²) in [6, 6.07) is 5.58. The predicted molar refractivity (Wildman–Crippen MR) is 97.8 cm³/mol. The number of hydrogen-bond acceptors (Lipinski definition) is 4. The lowest BCUT2D eigenvalue weighted by molar-refractivity contribution is 0.0708. The number of fused-ring (bicyclic) bond motifs is 1. The molecule has 1 saturated carbocycles. The second kappa shape index (κ2) is 5.99. The van der Waals surface area contributed by atoms with Crippen LogP contribution >= 0.6 is 34.5 Å². The molecule has 1 aliphatic heterocycles. The van der Waals surface area contributed by atoms with Gasteiger partial charge in [0.25, 0.3) is 5.91 Å². The second-order valence-electron chi connectivity index (χ2n) is 6.43. The number of amides is 1. The summed E-state index contributed by atoms with van der Waals surface area (Å²) < 4.78 is 0. The van der Waals surface area contributed by atoms with Crippen molar-refractivity contribution < 1.29 is 4.79 Å². The summed E-state index contributed by atoms with van der Waals surface area (Å²) >= 11 is 14.0. The normalized spacial score (nSPS) is 25.0. The third-order valence-electron chi connectivity index (χ3n) is 4.94. The van der Waals surface area contributed by atoms with Gasteiger partial charge in [0.05, 0.1) is 19.9 Å². The number of likely N-dealkylation sites (tertiary alicyclic amines) is 1. The monoisotopic (exact) mass is 381 g/mol. The number of thiazole rings is 1. The van der Waals surface area contributed by atoms with E-state index in [1.807, 2.05) is 24.0 Å². The molecule has 1 aliphatic carbocycles. The molecule has 2 heterocycles. The molecule has 0 radical (unpaired) electrons. The van der Waals surface area contributed by atoms with Crippen molar-refractivity contribution in [1.29, 1.82) is 0 Å². The first-order valence-corrected chi connectivity index (χ1v) is 9.51. The summed E-state index contributed by atoms with van der Waals surface area (Å²) in [6.07, 6.45) is 1.19. The highest BCUT2D eigenvalue weighted by Gasteiger charge is 2.53. The topological polar surface area (TPSA) is 59.2 Å². The highest BCUT2D eigenvalue weighted by atomic mass is 35.5. The number of aryl methyl sites for hydroxylation is 1. The van der Waals surface area contributed by atoms with Crippen molar-refractivity contribution in [2.45, 2.75) is 19.4 Å². The first kappa shape index (κ1) is 16.3. The zero-order chi connectivity index (χ0) is 17.0. The fourth-order valence-electron chi connectivity index (χ4n) is 3.68. The van der Waals surface area contributed by atoms with E-state index >= 15 is 0 Å². The zero-order valence-electron chi connectivity index (χ0n) is 13.1. The average molecular weight is 382 g/mol. The molecule has 0 unspecified atom stereocenters. The van der Waals surface area contributed by atoms with Crippen LogP contribution in [0.5, 0.6) is 0 Å². The molecule has 2 aromatic rings. The summed E-state index contributed by atoms with van der Waals surface area (Å²) in [5.41, 5.74) is 7.12. The van der Waals surface area contributed by atoms with Crippen molar-refractivity contribution in [2.24, 2.45) is 17.6 Å². The molecule has 1 amide bonds. The van der Waals surface area contributed by atoms with Crippen LogP contribution in [-0.4, -0.2) is 34.9 Å². The summed E-state index contributed by atoms with van der Waals surface area (Å²) in [4.78, 5) is 20.3. The van der Waals surface area contributed by atoms with E-state index in [2.05, 4.69) is 4.98 Å². The Hall–Kier alpha value is -1.14. The van der Waals surface area contributed by atoms with Gasteiger partial charge in [-0.15, -0.1) is 11.3 Å². The van der Waals surface area contributed by atoms with Gasteiger partial charge in [-0.2, -0.15) is 0 Å². The standard InChI is InChI=1S/C17H17Cl2N3OS/c1-8-21-15(16(24-8)10-3-2-4-12(18)14(10)19)17(23)22-7-9-5-11(9)13(22)6-20/h2-4,9,11,13H,5-7,20H2,1H3/t9-,11-,13+/m0/s1. The van der Waals surface area contributed by atoms with Gasteiger partial charge in [0, 0.05) is 24.7 Å². The van der Waals surface area contributed by atoms with E-state index in [0.29, 0.717) is 34.1 Å². The number of nitrogens with zero attached hydrogens (tertiary/aromatic N) is 2. The molecule has 2 fully saturated rings. The number of halogens is 2. The van der Waals surface area contributed by atoms with Crippen LogP contribution in [0.15, 0.2) is 18.2 Å². The predicted octanol–water partition coefficient (Wildman–Crippen LogP) is 3.84. The smallest absolute Gasteiger partial charge is 0.274 e. The van der Waals surface area contributed by atoms with Crippen LogP contribution in [0.1, 0.15) is 21.9 Å². The maximum absolute atomic E-state index is 13.1. The molecule has 24 heavy (non-hydrogen) atoms. The van der Waals surface area contributed by atoms with Crippen molar-refractivity contribution in [1.82, 2.24) is 9.88 Å². The van der Waals surface area contributed by atoms with E-state index in [9.17, 15) is 4.79 Å². The van der Waals surface area contributed by atoms with Gasteiger partial charge in [-0.3, -0.25) is 4.79 Å². The number of carbonyl (C=O) groups excluding carboxylic acids is 1. The highest BCUT2D eigenvalue weighted by Crippen LogP contribution is 2.50. The number of aromatic nitrogens is 1. The average Bonchev–Trinajstić information content (AvgIpc) is 3.07. The van der Waals surface area contributed by atoms with Crippen molar-refractivity contribution in [2.75, 3.05) is 13.1 Å². The number of hydrogen-bond donors (Lipinski definition) is 1. The summed E-state index contributed by atoms with van der Waals surface area (Å²) in [7, 11) is 0. The maximum Gasteiger partial charge on any atom is 0.274 e. The number of rotatable bonds is 3. The van der Waals surface area contributed by atoms with E-state index in [1.54, 1.807) is 6.07 Å². The lowest BCUT2D eigenvalue weighted by atomic mass is 10.1. The van der Waals surface area contributed by atoms with Gasteiger partial charge in [0.2, 0.25) is 0 Å². The minimum atomic E-state index is -0.0481. The molecule has 1 aromatic heterocycles. The summed E-state index contributed by atoms with van der Waals surface area (Å²) in [5.74, 6) is 1.13. The van der Waals surface area contributed by atoms with Crippen molar-refractivity contribution in [3.63, 3.8) is 0 Å². The van der Waals surface area contributed by atoms with Crippen LogP contribution in [0, 0.1) is 18.8 Å². The number of carbonyl (C=O) groups is 1. The quantitative estimate of drug-likeness (QED) is 0.878. The van der Waals surface area contributed by atoms with E-state index < -0.39 is 0 Å². The number of benzene rings is 1.